The van der Waals surface area contributed by atoms with Gasteiger partial charge in [-0.3, -0.25) is 0 Å². The Hall–Kier alpha value is -1.08. The van der Waals surface area contributed by atoms with Crippen LogP contribution in [0.3, 0.4) is 0 Å². The second-order valence-electron chi connectivity index (χ2n) is 2.33. The highest BCUT2D eigenvalue weighted by atomic mass is 16.2. The third-order valence-electron chi connectivity index (χ3n) is 1.55. The van der Waals surface area contributed by atoms with Crippen LogP contribution >= 0.6 is 0 Å². The molecule has 0 fully saturated rings. The van der Waals surface area contributed by atoms with Crippen molar-refractivity contribution in [1.82, 2.24) is 0 Å². The van der Waals surface area contributed by atoms with Crippen molar-refractivity contribution in [2.45, 2.75) is 6.92 Å². The van der Waals surface area contributed by atoms with Crippen LogP contribution in [0.25, 0.3) is 5.57 Å². The fourth-order valence-corrected chi connectivity index (χ4v) is 0.909. The standard InChI is InChI=1S/C10H12O/c1-9(7-8-11)10-5-3-2-4-6-10/h2-7,11H,8H2,1H3/b9-7+/i7D. The van der Waals surface area contributed by atoms with Gasteiger partial charge in [0.1, 0.15) is 0 Å². The van der Waals surface area contributed by atoms with Gasteiger partial charge in [-0.2, -0.15) is 0 Å². The zero-order valence-electron chi connectivity index (χ0n) is 7.54. The second kappa shape index (κ2) is 3.94. The molecule has 0 aromatic heterocycles. The molecule has 0 spiro atoms. The average Bonchev–Trinajstić information content (AvgIpc) is 2.17. The fourth-order valence-electron chi connectivity index (χ4n) is 0.909. The maximum atomic E-state index is 8.72. The molecule has 0 radical (unpaired) electrons. The molecule has 58 valence electrons. The van der Waals surface area contributed by atoms with Crippen LogP contribution in [0.1, 0.15) is 13.9 Å². The summed E-state index contributed by atoms with van der Waals surface area (Å²) in [7, 11) is 0. The van der Waals surface area contributed by atoms with Gasteiger partial charge in [0.05, 0.1) is 7.98 Å². The fraction of sp³-hybridized carbons (Fsp3) is 0.200. The van der Waals surface area contributed by atoms with Gasteiger partial charge in [0.2, 0.25) is 0 Å². The van der Waals surface area contributed by atoms with E-state index in [2.05, 4.69) is 0 Å². The molecule has 0 bridgehead atoms. The summed E-state index contributed by atoms with van der Waals surface area (Å²) >= 11 is 0. The Balaban J connectivity index is 3.00. The van der Waals surface area contributed by atoms with Crippen LogP contribution in [-0.2, 0) is 0 Å². The molecule has 1 nitrogen and oxygen atoms in total. The van der Waals surface area contributed by atoms with Crippen LogP contribution in [0, 0.1) is 0 Å². The van der Waals surface area contributed by atoms with Crippen molar-refractivity contribution in [1.29, 1.82) is 0 Å². The lowest BCUT2D eigenvalue weighted by Crippen LogP contribution is -1.80. The smallest absolute Gasteiger partial charge is 0.0618 e. The first-order valence-corrected chi connectivity index (χ1v) is 3.58. The van der Waals surface area contributed by atoms with Gasteiger partial charge in [-0.1, -0.05) is 36.4 Å². The maximum absolute atomic E-state index is 8.72. The first kappa shape index (κ1) is 6.62. The Labute approximate surface area is 68.4 Å². The number of aliphatic hydroxyl groups is 1. The summed E-state index contributed by atoms with van der Waals surface area (Å²) in [6.07, 6.45) is 0. The summed E-state index contributed by atoms with van der Waals surface area (Å²) in [6.45, 7) is 1.65. The van der Waals surface area contributed by atoms with E-state index in [0.29, 0.717) is 0 Å². The number of hydrogen-bond donors (Lipinski definition) is 1. The van der Waals surface area contributed by atoms with Crippen LogP contribution in [0.15, 0.2) is 36.4 Å². The van der Waals surface area contributed by atoms with Gasteiger partial charge in [0.15, 0.2) is 0 Å². The maximum Gasteiger partial charge on any atom is 0.0618 e. The van der Waals surface area contributed by atoms with Gasteiger partial charge >= 0.3 is 0 Å². The first-order valence-electron chi connectivity index (χ1n) is 4.08. The van der Waals surface area contributed by atoms with Gasteiger partial charge in [-0.05, 0) is 18.1 Å². The SMILES string of the molecule is [2H]/C(CO)=C(/C)c1ccccc1. The molecule has 1 aromatic carbocycles. The summed E-state index contributed by atoms with van der Waals surface area (Å²) < 4.78 is 7.39. The molecule has 1 rings (SSSR count). The van der Waals surface area contributed by atoms with Crippen molar-refractivity contribution in [3.05, 3.63) is 41.9 Å². The lowest BCUT2D eigenvalue weighted by atomic mass is 10.1. The van der Waals surface area contributed by atoms with Crippen molar-refractivity contribution in [3.63, 3.8) is 0 Å². The zero-order chi connectivity index (χ0) is 8.97. The monoisotopic (exact) mass is 149 g/mol. The number of benzene rings is 1. The molecule has 0 saturated carbocycles. The molecule has 0 aliphatic carbocycles. The van der Waals surface area contributed by atoms with E-state index in [1.165, 1.54) is 0 Å². The lowest BCUT2D eigenvalue weighted by molar-refractivity contribution is 0.343. The van der Waals surface area contributed by atoms with E-state index in [1.54, 1.807) is 0 Å². The molecular formula is C10H12O. The third-order valence-corrected chi connectivity index (χ3v) is 1.55. The van der Waals surface area contributed by atoms with Crippen LogP contribution in [0.5, 0.6) is 0 Å². The summed E-state index contributed by atoms with van der Waals surface area (Å²) in [5.74, 6) is 0. The molecular weight excluding hydrogens is 136 g/mol. The van der Waals surface area contributed by atoms with E-state index in [1.807, 2.05) is 37.3 Å². The summed E-state index contributed by atoms with van der Waals surface area (Å²) in [6, 6.07) is 9.91. The Morgan fingerprint density at radius 3 is 2.73 bits per heavy atom. The van der Waals surface area contributed by atoms with Crippen LogP contribution < -0.4 is 0 Å². The van der Waals surface area contributed by atoms with E-state index < -0.39 is 0 Å². The molecule has 11 heavy (non-hydrogen) atoms. The summed E-state index contributed by atoms with van der Waals surface area (Å²) in [5, 5.41) is 8.72. The highest BCUT2D eigenvalue weighted by Crippen LogP contribution is 2.11. The van der Waals surface area contributed by atoms with Gasteiger partial charge in [0, 0.05) is 0 Å². The molecule has 0 heterocycles. The number of rotatable bonds is 2. The van der Waals surface area contributed by atoms with E-state index >= 15 is 0 Å². The molecule has 0 aliphatic rings. The van der Waals surface area contributed by atoms with E-state index in [4.69, 9.17) is 6.48 Å². The van der Waals surface area contributed by atoms with E-state index in [0.717, 1.165) is 11.1 Å². The molecule has 0 atom stereocenters. The molecule has 0 unspecified atom stereocenters. The van der Waals surface area contributed by atoms with Crippen molar-refractivity contribution in [2.75, 3.05) is 6.61 Å². The van der Waals surface area contributed by atoms with Crippen LogP contribution in [0.2, 0.25) is 0 Å². The average molecular weight is 149 g/mol. The minimum absolute atomic E-state index is 0.194. The van der Waals surface area contributed by atoms with Crippen LogP contribution in [0.4, 0.5) is 0 Å². The predicted molar refractivity (Wildman–Crippen MR) is 47.2 cm³/mol. The summed E-state index contributed by atoms with van der Waals surface area (Å²) in [4.78, 5) is 0. The third kappa shape index (κ3) is 2.20. The summed E-state index contributed by atoms with van der Waals surface area (Å²) in [5.41, 5.74) is 1.83. The number of allylic oxidation sites excluding steroid dienone is 1. The molecule has 0 saturated heterocycles. The van der Waals surface area contributed by atoms with Gasteiger partial charge in [0.25, 0.3) is 0 Å². The zero-order valence-corrected chi connectivity index (χ0v) is 6.54. The lowest BCUT2D eigenvalue weighted by Gasteiger charge is -1.98. The highest BCUT2D eigenvalue weighted by molar-refractivity contribution is 5.63. The van der Waals surface area contributed by atoms with Crippen molar-refractivity contribution in [2.24, 2.45) is 0 Å². The molecule has 1 heteroatoms. The van der Waals surface area contributed by atoms with Crippen molar-refractivity contribution < 1.29 is 6.48 Å². The minimum Gasteiger partial charge on any atom is -0.392 e. The topological polar surface area (TPSA) is 20.2 Å². The molecule has 0 aliphatic heterocycles. The minimum atomic E-state index is -0.194. The van der Waals surface area contributed by atoms with Gasteiger partial charge < -0.3 is 5.11 Å². The Morgan fingerprint density at radius 2 is 2.18 bits per heavy atom. The Bertz CT molecular complexity index is 277. The van der Waals surface area contributed by atoms with Crippen molar-refractivity contribution >= 4 is 5.57 Å². The Kier molecular flexibility index (Phi) is 2.37. The van der Waals surface area contributed by atoms with E-state index in [-0.39, 0.29) is 12.7 Å². The van der Waals surface area contributed by atoms with E-state index in [9.17, 15) is 0 Å². The normalized spacial score (nSPS) is 13.8. The first-order chi connectivity index (χ1) is 5.75. The largest absolute Gasteiger partial charge is 0.392 e. The Morgan fingerprint density at radius 1 is 1.55 bits per heavy atom. The molecule has 0 amide bonds. The van der Waals surface area contributed by atoms with Gasteiger partial charge in [-0.15, -0.1) is 0 Å². The second-order valence-corrected chi connectivity index (χ2v) is 2.33. The predicted octanol–water partition coefficient (Wildman–Crippen LogP) is 2.08. The van der Waals surface area contributed by atoms with Gasteiger partial charge in [-0.25, -0.2) is 0 Å². The molecule has 1 N–H and O–H groups in total. The number of aliphatic hydroxyl groups excluding tert-OH is 1. The number of hydrogen-bond acceptors (Lipinski definition) is 1. The van der Waals surface area contributed by atoms with Crippen LogP contribution in [-0.4, -0.2) is 11.7 Å². The van der Waals surface area contributed by atoms with Crippen molar-refractivity contribution in [3.8, 4) is 0 Å². The molecule has 1 aromatic rings. The quantitative estimate of drug-likeness (QED) is 0.682. The highest BCUT2D eigenvalue weighted by Gasteiger charge is 1.90.